The molecule has 5 heteroatoms. The molecule has 3 rings (SSSR count). The minimum absolute atomic E-state index is 0.130. The van der Waals surface area contributed by atoms with Crippen molar-refractivity contribution in [2.24, 2.45) is 0 Å². The summed E-state index contributed by atoms with van der Waals surface area (Å²) in [6, 6.07) is 12.2. The number of aliphatic hydroxyl groups is 1. The molecule has 5 nitrogen and oxygen atoms in total. The second-order valence-electron chi connectivity index (χ2n) is 5.10. The van der Waals surface area contributed by atoms with E-state index in [1.807, 2.05) is 49.0 Å². The summed E-state index contributed by atoms with van der Waals surface area (Å²) < 4.78 is 7.17. The number of aliphatic hydroxyl groups excluding tert-OH is 1. The molecular formula is C17H25N3O2. The van der Waals surface area contributed by atoms with Gasteiger partial charge in [-0.15, -0.1) is 0 Å². The quantitative estimate of drug-likeness (QED) is 0.940. The number of anilines is 1. The summed E-state index contributed by atoms with van der Waals surface area (Å²) in [4.78, 5) is 2.06. The second-order valence-corrected chi connectivity index (χ2v) is 5.10. The van der Waals surface area contributed by atoms with Gasteiger partial charge in [-0.05, 0) is 5.56 Å². The van der Waals surface area contributed by atoms with Gasteiger partial charge < -0.3 is 14.7 Å². The van der Waals surface area contributed by atoms with E-state index >= 15 is 0 Å². The van der Waals surface area contributed by atoms with Gasteiger partial charge in [-0.3, -0.25) is 4.68 Å². The molecule has 1 fully saturated rings. The maximum atomic E-state index is 9.86. The Morgan fingerprint density at radius 2 is 1.91 bits per heavy atom. The van der Waals surface area contributed by atoms with E-state index in [2.05, 4.69) is 22.1 Å². The van der Waals surface area contributed by atoms with Crippen LogP contribution in [0.1, 0.15) is 19.4 Å². The zero-order valence-corrected chi connectivity index (χ0v) is 13.5. The van der Waals surface area contributed by atoms with Crippen LogP contribution in [0.4, 0.5) is 5.82 Å². The lowest BCUT2D eigenvalue weighted by Gasteiger charge is -2.14. The SMILES string of the molecule is CC.CO[C@@H]1CN(c2ccn(Cc3ccccc3)n2)C[C@@H]1O. The normalized spacial score (nSPS) is 20.6. The standard InChI is InChI=1S/C15H19N3O2.C2H6/c1-20-14-11-17(10-13(14)19)15-7-8-18(16-15)9-12-5-3-2-4-6-12;1-2/h2-8,13-14,19H,9-11H2,1H3;1-2H3/t13-,14+;/m0./s1. The fourth-order valence-corrected chi connectivity index (χ4v) is 2.55. The molecule has 1 aliphatic rings. The van der Waals surface area contributed by atoms with Crippen molar-refractivity contribution in [2.45, 2.75) is 32.6 Å². The Morgan fingerprint density at radius 1 is 1.18 bits per heavy atom. The van der Waals surface area contributed by atoms with Crippen molar-refractivity contribution in [3.63, 3.8) is 0 Å². The van der Waals surface area contributed by atoms with Crippen LogP contribution in [0, 0.1) is 0 Å². The van der Waals surface area contributed by atoms with Crippen LogP contribution >= 0.6 is 0 Å². The van der Waals surface area contributed by atoms with Crippen molar-refractivity contribution in [3.05, 3.63) is 48.2 Å². The number of aromatic nitrogens is 2. The third kappa shape index (κ3) is 3.87. The van der Waals surface area contributed by atoms with Gasteiger partial charge in [-0.1, -0.05) is 44.2 Å². The summed E-state index contributed by atoms with van der Waals surface area (Å²) in [5.41, 5.74) is 1.22. The highest BCUT2D eigenvalue weighted by atomic mass is 16.5. The van der Waals surface area contributed by atoms with E-state index in [4.69, 9.17) is 4.74 Å². The molecule has 2 atom stereocenters. The number of nitrogens with zero attached hydrogens (tertiary/aromatic N) is 3. The van der Waals surface area contributed by atoms with Gasteiger partial charge >= 0.3 is 0 Å². The van der Waals surface area contributed by atoms with E-state index < -0.39 is 6.10 Å². The van der Waals surface area contributed by atoms with Gasteiger partial charge in [-0.25, -0.2) is 0 Å². The Labute approximate surface area is 132 Å². The van der Waals surface area contributed by atoms with Crippen molar-refractivity contribution in [3.8, 4) is 0 Å². The highest BCUT2D eigenvalue weighted by Crippen LogP contribution is 2.20. The van der Waals surface area contributed by atoms with E-state index in [1.54, 1.807) is 7.11 Å². The highest BCUT2D eigenvalue weighted by molar-refractivity contribution is 5.39. The number of ether oxygens (including phenoxy) is 1. The van der Waals surface area contributed by atoms with E-state index in [1.165, 1.54) is 5.56 Å². The van der Waals surface area contributed by atoms with E-state index in [0.29, 0.717) is 13.1 Å². The first-order chi connectivity index (χ1) is 10.8. The molecule has 22 heavy (non-hydrogen) atoms. The first-order valence-corrected chi connectivity index (χ1v) is 7.79. The first kappa shape index (κ1) is 16.5. The van der Waals surface area contributed by atoms with Crippen LogP contribution < -0.4 is 4.90 Å². The van der Waals surface area contributed by atoms with Gasteiger partial charge in [0.05, 0.1) is 12.6 Å². The fraction of sp³-hybridized carbons (Fsp3) is 0.471. The van der Waals surface area contributed by atoms with E-state index in [-0.39, 0.29) is 6.10 Å². The van der Waals surface area contributed by atoms with Crippen LogP contribution in [0.3, 0.4) is 0 Å². The first-order valence-electron chi connectivity index (χ1n) is 7.79. The average Bonchev–Trinajstić information content (AvgIpc) is 3.16. The number of β-amino-alcohol motifs (C(OH)–C–C–N with tert-alkyl or cyclic N) is 1. The molecule has 0 radical (unpaired) electrons. The largest absolute Gasteiger partial charge is 0.388 e. The molecule has 1 aromatic heterocycles. The maximum absolute atomic E-state index is 9.86. The molecule has 0 bridgehead atoms. The lowest BCUT2D eigenvalue weighted by Crippen LogP contribution is -2.25. The summed E-state index contributed by atoms with van der Waals surface area (Å²) in [5.74, 6) is 0.888. The third-order valence-corrected chi connectivity index (χ3v) is 3.68. The fourth-order valence-electron chi connectivity index (χ4n) is 2.55. The van der Waals surface area contributed by atoms with Crippen LogP contribution in [0.2, 0.25) is 0 Å². The number of rotatable bonds is 4. The van der Waals surface area contributed by atoms with Gasteiger partial charge in [0.15, 0.2) is 5.82 Å². The van der Waals surface area contributed by atoms with Crippen LogP contribution in [0.15, 0.2) is 42.6 Å². The zero-order valence-electron chi connectivity index (χ0n) is 13.5. The predicted molar refractivity (Wildman–Crippen MR) is 88.1 cm³/mol. The van der Waals surface area contributed by atoms with Crippen LogP contribution in [0.25, 0.3) is 0 Å². The Hall–Kier alpha value is -1.85. The van der Waals surface area contributed by atoms with Gasteiger partial charge in [0.1, 0.15) is 6.10 Å². The topological polar surface area (TPSA) is 50.5 Å². The molecule has 2 aromatic rings. The zero-order chi connectivity index (χ0) is 15.9. The van der Waals surface area contributed by atoms with Crippen LogP contribution in [-0.4, -0.2) is 47.3 Å². The minimum atomic E-state index is -0.445. The molecule has 1 N–H and O–H groups in total. The molecule has 0 saturated carbocycles. The summed E-state index contributed by atoms with van der Waals surface area (Å²) in [6.07, 6.45) is 1.39. The lowest BCUT2D eigenvalue weighted by atomic mass is 10.2. The molecule has 0 spiro atoms. The molecular weight excluding hydrogens is 278 g/mol. The maximum Gasteiger partial charge on any atom is 0.150 e. The third-order valence-electron chi connectivity index (χ3n) is 3.68. The molecule has 0 aliphatic carbocycles. The number of benzene rings is 1. The molecule has 1 saturated heterocycles. The van der Waals surface area contributed by atoms with E-state index in [0.717, 1.165) is 12.4 Å². The Balaban J connectivity index is 0.000000847. The summed E-state index contributed by atoms with van der Waals surface area (Å²) >= 11 is 0. The molecule has 120 valence electrons. The smallest absolute Gasteiger partial charge is 0.150 e. The van der Waals surface area contributed by atoms with Gasteiger partial charge in [-0.2, -0.15) is 5.10 Å². The Kier molecular flexibility index (Phi) is 5.98. The minimum Gasteiger partial charge on any atom is -0.388 e. The van der Waals surface area contributed by atoms with E-state index in [9.17, 15) is 5.11 Å². The van der Waals surface area contributed by atoms with Crippen molar-refractivity contribution >= 4 is 5.82 Å². The average molecular weight is 303 g/mol. The van der Waals surface area contributed by atoms with Crippen molar-refractivity contribution in [1.82, 2.24) is 9.78 Å². The number of methoxy groups -OCH3 is 1. The summed E-state index contributed by atoms with van der Waals surface area (Å²) in [5, 5.41) is 14.4. The monoisotopic (exact) mass is 303 g/mol. The van der Waals surface area contributed by atoms with Gasteiger partial charge in [0, 0.05) is 32.5 Å². The molecule has 1 aliphatic heterocycles. The number of hydrogen-bond donors (Lipinski definition) is 1. The molecule has 1 aromatic carbocycles. The molecule has 0 amide bonds. The Bertz CT molecular complexity index is 556. The lowest BCUT2D eigenvalue weighted by molar-refractivity contribution is 0.0217. The molecule has 2 heterocycles. The molecule has 0 unspecified atom stereocenters. The van der Waals surface area contributed by atoms with Crippen LogP contribution in [0.5, 0.6) is 0 Å². The van der Waals surface area contributed by atoms with Crippen molar-refractivity contribution in [2.75, 3.05) is 25.1 Å². The highest BCUT2D eigenvalue weighted by Gasteiger charge is 2.32. The predicted octanol–water partition coefficient (Wildman–Crippen LogP) is 2.15. The van der Waals surface area contributed by atoms with Crippen LogP contribution in [-0.2, 0) is 11.3 Å². The Morgan fingerprint density at radius 3 is 2.55 bits per heavy atom. The second kappa shape index (κ2) is 7.96. The number of hydrogen-bond acceptors (Lipinski definition) is 4. The summed E-state index contributed by atoms with van der Waals surface area (Å²) in [6.45, 7) is 6.01. The van der Waals surface area contributed by atoms with Crippen molar-refractivity contribution < 1.29 is 9.84 Å². The van der Waals surface area contributed by atoms with Gasteiger partial charge in [0.2, 0.25) is 0 Å². The van der Waals surface area contributed by atoms with Crippen molar-refractivity contribution in [1.29, 1.82) is 0 Å². The van der Waals surface area contributed by atoms with Gasteiger partial charge in [0.25, 0.3) is 0 Å². The summed E-state index contributed by atoms with van der Waals surface area (Å²) in [7, 11) is 1.63.